The van der Waals surface area contributed by atoms with Crippen molar-refractivity contribution in [3.63, 3.8) is 0 Å². The van der Waals surface area contributed by atoms with Gasteiger partial charge in [0, 0.05) is 11.4 Å². The van der Waals surface area contributed by atoms with Crippen LogP contribution in [0, 0.1) is 6.92 Å². The number of hydrogen-bond donors (Lipinski definition) is 3. The van der Waals surface area contributed by atoms with Gasteiger partial charge >= 0.3 is 6.03 Å². The summed E-state index contributed by atoms with van der Waals surface area (Å²) in [6.07, 6.45) is -0.904. The lowest BCUT2D eigenvalue weighted by molar-refractivity contribution is 0.249. The third-order valence-corrected chi connectivity index (χ3v) is 3.65. The van der Waals surface area contributed by atoms with Crippen LogP contribution >= 0.6 is 34.8 Å². The van der Waals surface area contributed by atoms with Crippen LogP contribution in [0.3, 0.4) is 0 Å². The van der Waals surface area contributed by atoms with Crippen molar-refractivity contribution in [1.29, 1.82) is 0 Å². The highest BCUT2D eigenvalue weighted by atomic mass is 35.6. The van der Waals surface area contributed by atoms with Crippen LogP contribution < -0.4 is 16.0 Å². The first-order valence-corrected chi connectivity index (χ1v) is 8.00. The van der Waals surface area contributed by atoms with Gasteiger partial charge in [0.1, 0.15) is 6.17 Å². The number of aryl methyl sites for hydroxylation is 1. The number of carbonyl (C=O) groups excluding carboxylic acids is 1. The molecule has 0 aliphatic heterocycles. The van der Waals surface area contributed by atoms with E-state index in [1.165, 1.54) is 0 Å². The van der Waals surface area contributed by atoms with E-state index in [-0.39, 0.29) is 0 Å². The topological polar surface area (TPSA) is 53.2 Å². The Hall–Kier alpha value is -1.62. The Morgan fingerprint density at radius 2 is 1.57 bits per heavy atom. The summed E-state index contributed by atoms with van der Waals surface area (Å²) in [5, 5.41) is 8.28. The fraction of sp³-hybridized carbons (Fsp3) is 0.188. The van der Waals surface area contributed by atoms with Crippen molar-refractivity contribution in [2.45, 2.75) is 16.9 Å². The first kappa shape index (κ1) is 17.7. The highest BCUT2D eigenvalue weighted by molar-refractivity contribution is 6.68. The van der Waals surface area contributed by atoms with E-state index in [0.29, 0.717) is 5.69 Å². The van der Waals surface area contributed by atoms with E-state index in [2.05, 4.69) is 16.0 Å². The van der Waals surface area contributed by atoms with E-state index in [1.54, 1.807) is 12.1 Å². The smallest absolute Gasteiger partial charge is 0.320 e. The number of hydrogen-bond acceptors (Lipinski definition) is 2. The van der Waals surface area contributed by atoms with Crippen LogP contribution in [-0.2, 0) is 0 Å². The fourth-order valence-electron chi connectivity index (χ4n) is 1.84. The average molecular weight is 373 g/mol. The molecule has 2 amide bonds. The summed E-state index contributed by atoms with van der Waals surface area (Å²) in [7, 11) is 0. The molecule has 0 heterocycles. The van der Waals surface area contributed by atoms with Gasteiger partial charge in [-0.1, -0.05) is 70.7 Å². The minimum Gasteiger partial charge on any atom is -0.362 e. The van der Waals surface area contributed by atoms with Crippen molar-refractivity contribution in [3.8, 4) is 0 Å². The number of carbonyl (C=O) groups is 1. The third-order valence-electron chi connectivity index (χ3n) is 3.00. The normalized spacial score (nSPS) is 12.3. The number of benzene rings is 2. The number of alkyl halides is 3. The van der Waals surface area contributed by atoms with Crippen LogP contribution in [0.2, 0.25) is 0 Å². The second kappa shape index (κ2) is 7.77. The molecule has 0 spiro atoms. The van der Waals surface area contributed by atoms with Gasteiger partial charge in [-0.3, -0.25) is 0 Å². The van der Waals surface area contributed by atoms with Crippen LogP contribution in [-0.4, -0.2) is 16.0 Å². The Bertz CT molecular complexity index is 642. The van der Waals surface area contributed by atoms with Gasteiger partial charge in [0.25, 0.3) is 0 Å². The summed E-state index contributed by atoms with van der Waals surface area (Å²) in [6, 6.07) is 16.0. The molecule has 2 aromatic rings. The molecule has 0 fully saturated rings. The molecule has 7 heteroatoms. The van der Waals surface area contributed by atoms with E-state index in [9.17, 15) is 4.79 Å². The van der Waals surface area contributed by atoms with Crippen molar-refractivity contribution in [2.24, 2.45) is 0 Å². The molecule has 0 unspecified atom stereocenters. The molecule has 3 N–H and O–H groups in total. The molecule has 0 aromatic heterocycles. The van der Waals surface area contributed by atoms with Crippen molar-refractivity contribution in [2.75, 3.05) is 10.6 Å². The van der Waals surface area contributed by atoms with Gasteiger partial charge in [-0.05, 0) is 31.2 Å². The number of para-hydroxylation sites is 1. The summed E-state index contributed by atoms with van der Waals surface area (Å²) in [6.45, 7) is 1.97. The molecule has 122 valence electrons. The third kappa shape index (κ3) is 5.82. The Balaban J connectivity index is 2.04. The molecule has 0 radical (unpaired) electrons. The van der Waals surface area contributed by atoms with E-state index in [0.717, 1.165) is 11.3 Å². The van der Waals surface area contributed by atoms with Crippen LogP contribution in [0.25, 0.3) is 0 Å². The van der Waals surface area contributed by atoms with Gasteiger partial charge in [0.15, 0.2) is 0 Å². The van der Waals surface area contributed by atoms with Crippen LogP contribution in [0.4, 0.5) is 16.2 Å². The molecular formula is C16H16Cl3N3O. The number of nitrogens with one attached hydrogen (secondary N) is 3. The van der Waals surface area contributed by atoms with Crippen LogP contribution in [0.15, 0.2) is 54.6 Å². The maximum atomic E-state index is 12.1. The van der Waals surface area contributed by atoms with E-state index >= 15 is 0 Å². The van der Waals surface area contributed by atoms with Crippen molar-refractivity contribution < 1.29 is 4.79 Å². The van der Waals surface area contributed by atoms with Gasteiger partial charge in [-0.2, -0.15) is 0 Å². The Kier molecular flexibility index (Phi) is 5.99. The largest absolute Gasteiger partial charge is 0.362 e. The number of urea groups is 1. The lowest BCUT2D eigenvalue weighted by Gasteiger charge is -2.27. The lowest BCUT2D eigenvalue weighted by atomic mass is 10.2. The molecule has 0 bridgehead atoms. The average Bonchev–Trinajstić information content (AvgIpc) is 2.49. The molecular weight excluding hydrogens is 357 g/mol. The molecule has 0 saturated heterocycles. The summed E-state index contributed by atoms with van der Waals surface area (Å²) in [4.78, 5) is 12.1. The number of halogens is 3. The molecule has 4 nitrogen and oxygen atoms in total. The minimum atomic E-state index is -1.72. The van der Waals surface area contributed by atoms with Crippen LogP contribution in [0.5, 0.6) is 0 Å². The number of rotatable bonds is 4. The first-order chi connectivity index (χ1) is 10.8. The molecule has 23 heavy (non-hydrogen) atoms. The predicted octanol–water partition coefficient (Wildman–Crippen LogP) is 4.92. The summed E-state index contributed by atoms with van der Waals surface area (Å²) in [5.41, 5.74) is 2.48. The van der Waals surface area contributed by atoms with Gasteiger partial charge in [0.2, 0.25) is 3.79 Å². The molecule has 2 rings (SSSR count). The highest BCUT2D eigenvalue weighted by Gasteiger charge is 2.34. The van der Waals surface area contributed by atoms with E-state index < -0.39 is 16.0 Å². The van der Waals surface area contributed by atoms with E-state index in [4.69, 9.17) is 34.8 Å². The monoisotopic (exact) mass is 371 g/mol. The highest BCUT2D eigenvalue weighted by Crippen LogP contribution is 2.31. The van der Waals surface area contributed by atoms with Crippen molar-refractivity contribution >= 4 is 52.2 Å². The van der Waals surface area contributed by atoms with E-state index in [1.807, 2.05) is 49.4 Å². The molecule has 0 aliphatic carbocycles. The molecule has 2 aromatic carbocycles. The fourth-order valence-corrected chi connectivity index (χ4v) is 2.16. The number of anilines is 2. The molecule has 0 aliphatic rings. The SMILES string of the molecule is Cc1ccc(N[C@@H](NC(=O)Nc2ccccc2)C(Cl)(Cl)Cl)cc1. The first-order valence-electron chi connectivity index (χ1n) is 6.87. The zero-order valence-corrected chi connectivity index (χ0v) is 14.6. The van der Waals surface area contributed by atoms with Crippen molar-refractivity contribution in [3.05, 3.63) is 60.2 Å². The second-order valence-corrected chi connectivity index (χ2v) is 7.32. The van der Waals surface area contributed by atoms with Gasteiger partial charge in [-0.25, -0.2) is 4.79 Å². The standard InChI is InChI=1S/C16H16Cl3N3O/c1-11-7-9-13(10-8-11)20-14(16(17,18)19)22-15(23)21-12-5-3-2-4-6-12/h2-10,14,20H,1H3,(H2,21,22,23)/t14-/m0/s1. The Morgan fingerprint density at radius 3 is 2.13 bits per heavy atom. The molecule has 0 saturated carbocycles. The summed E-state index contributed by atoms with van der Waals surface area (Å²) >= 11 is 17.9. The van der Waals surface area contributed by atoms with Gasteiger partial charge < -0.3 is 16.0 Å². The van der Waals surface area contributed by atoms with Crippen molar-refractivity contribution in [1.82, 2.24) is 5.32 Å². The zero-order valence-electron chi connectivity index (χ0n) is 12.3. The second-order valence-electron chi connectivity index (χ2n) is 4.95. The zero-order chi connectivity index (χ0) is 16.9. The minimum absolute atomic E-state index is 0.480. The summed E-state index contributed by atoms with van der Waals surface area (Å²) < 4.78 is -1.72. The predicted molar refractivity (Wildman–Crippen MR) is 97.5 cm³/mol. The number of amides is 2. The summed E-state index contributed by atoms with van der Waals surface area (Å²) in [5.74, 6) is 0. The maximum absolute atomic E-state index is 12.1. The Labute approximate surface area is 150 Å². The van der Waals surface area contributed by atoms with Crippen LogP contribution in [0.1, 0.15) is 5.56 Å². The Morgan fingerprint density at radius 1 is 0.957 bits per heavy atom. The maximum Gasteiger partial charge on any atom is 0.320 e. The lowest BCUT2D eigenvalue weighted by Crippen LogP contribution is -2.50. The van der Waals surface area contributed by atoms with Gasteiger partial charge in [-0.15, -0.1) is 0 Å². The molecule has 1 atom stereocenters. The van der Waals surface area contributed by atoms with Gasteiger partial charge in [0.05, 0.1) is 0 Å². The quantitative estimate of drug-likeness (QED) is 0.527.